The summed E-state index contributed by atoms with van der Waals surface area (Å²) in [7, 11) is 0. The van der Waals surface area contributed by atoms with Crippen LogP contribution in [-0.2, 0) is 13.0 Å². The molecule has 1 aromatic carbocycles. The maximum absolute atomic E-state index is 8.82. The van der Waals surface area contributed by atoms with E-state index >= 15 is 0 Å². The molecule has 0 saturated carbocycles. The Morgan fingerprint density at radius 3 is 3.13 bits per heavy atom. The van der Waals surface area contributed by atoms with Crippen LogP contribution in [-0.4, -0.2) is 11.5 Å². The molecule has 0 aliphatic carbocycles. The summed E-state index contributed by atoms with van der Waals surface area (Å²) in [6.07, 6.45) is 1.05. The van der Waals surface area contributed by atoms with E-state index in [1.165, 1.54) is 16.6 Å². The molecule has 0 radical (unpaired) electrons. The van der Waals surface area contributed by atoms with E-state index in [0.29, 0.717) is 5.56 Å². The minimum atomic E-state index is 0.717. The molecule has 0 saturated heterocycles. The number of nitrogens with one attached hydrogen (secondary N) is 2. The van der Waals surface area contributed by atoms with Crippen molar-refractivity contribution >= 4 is 10.9 Å². The van der Waals surface area contributed by atoms with Gasteiger partial charge in [-0.15, -0.1) is 0 Å². The van der Waals surface area contributed by atoms with Gasteiger partial charge in [-0.2, -0.15) is 5.26 Å². The van der Waals surface area contributed by atoms with E-state index in [1.807, 2.05) is 18.2 Å². The zero-order chi connectivity index (χ0) is 10.3. The van der Waals surface area contributed by atoms with Gasteiger partial charge in [-0.05, 0) is 17.7 Å². The zero-order valence-electron chi connectivity index (χ0n) is 8.30. The Hall–Kier alpha value is -1.79. The molecule has 1 aromatic heterocycles. The second-order valence-electron chi connectivity index (χ2n) is 3.88. The second-order valence-corrected chi connectivity index (χ2v) is 3.88. The van der Waals surface area contributed by atoms with Crippen molar-refractivity contribution < 1.29 is 0 Å². The Morgan fingerprint density at radius 1 is 1.33 bits per heavy atom. The predicted octanol–water partition coefficient (Wildman–Crippen LogP) is 1.69. The summed E-state index contributed by atoms with van der Waals surface area (Å²) in [5, 5.41) is 13.4. The fraction of sp³-hybridized carbons (Fsp3) is 0.250. The van der Waals surface area contributed by atoms with Crippen LogP contribution in [0.4, 0.5) is 0 Å². The number of aromatic nitrogens is 1. The van der Waals surface area contributed by atoms with Crippen LogP contribution >= 0.6 is 0 Å². The average Bonchev–Trinajstić information content (AvgIpc) is 2.66. The van der Waals surface area contributed by atoms with Gasteiger partial charge in [-0.3, -0.25) is 0 Å². The number of benzene rings is 1. The number of rotatable bonds is 0. The van der Waals surface area contributed by atoms with Gasteiger partial charge in [0.2, 0.25) is 0 Å². The summed E-state index contributed by atoms with van der Waals surface area (Å²) in [5.41, 5.74) is 4.48. The van der Waals surface area contributed by atoms with Crippen LogP contribution < -0.4 is 5.32 Å². The van der Waals surface area contributed by atoms with E-state index in [-0.39, 0.29) is 0 Å². The molecule has 0 spiro atoms. The van der Waals surface area contributed by atoms with Gasteiger partial charge >= 0.3 is 0 Å². The van der Waals surface area contributed by atoms with Gasteiger partial charge < -0.3 is 10.3 Å². The standard InChI is InChI=1S/C12H11N3/c13-6-8-1-2-9-10-7-14-4-3-11(10)15-12(9)5-8/h1-2,5,14-15H,3-4,7H2. The Kier molecular flexibility index (Phi) is 1.77. The largest absolute Gasteiger partial charge is 0.358 e. The van der Waals surface area contributed by atoms with Crippen LogP contribution in [0.2, 0.25) is 0 Å². The van der Waals surface area contributed by atoms with Gasteiger partial charge in [0.15, 0.2) is 0 Å². The molecule has 0 atom stereocenters. The zero-order valence-corrected chi connectivity index (χ0v) is 8.30. The minimum Gasteiger partial charge on any atom is -0.358 e. The molecule has 15 heavy (non-hydrogen) atoms. The first-order valence-corrected chi connectivity index (χ1v) is 5.13. The highest BCUT2D eigenvalue weighted by Crippen LogP contribution is 2.25. The highest BCUT2D eigenvalue weighted by atomic mass is 14.9. The van der Waals surface area contributed by atoms with Crippen molar-refractivity contribution in [3.63, 3.8) is 0 Å². The Bertz CT molecular complexity index is 560. The van der Waals surface area contributed by atoms with Crippen molar-refractivity contribution in [2.45, 2.75) is 13.0 Å². The molecule has 0 fully saturated rings. The fourth-order valence-corrected chi connectivity index (χ4v) is 2.22. The molecule has 0 amide bonds. The average molecular weight is 197 g/mol. The van der Waals surface area contributed by atoms with Crippen LogP contribution in [0.5, 0.6) is 0 Å². The quantitative estimate of drug-likeness (QED) is 0.675. The number of fused-ring (bicyclic) bond motifs is 3. The predicted molar refractivity (Wildman–Crippen MR) is 58.4 cm³/mol. The Balaban J connectivity index is 2.28. The molecule has 3 rings (SSSR count). The van der Waals surface area contributed by atoms with Crippen molar-refractivity contribution in [2.75, 3.05) is 6.54 Å². The number of hydrogen-bond donors (Lipinski definition) is 2. The van der Waals surface area contributed by atoms with Crippen molar-refractivity contribution in [1.82, 2.24) is 10.3 Å². The summed E-state index contributed by atoms with van der Waals surface area (Å²) in [6.45, 7) is 1.96. The van der Waals surface area contributed by atoms with Gasteiger partial charge in [0.25, 0.3) is 0 Å². The molecule has 2 aromatic rings. The highest BCUT2D eigenvalue weighted by Gasteiger charge is 2.14. The van der Waals surface area contributed by atoms with Crippen molar-refractivity contribution in [1.29, 1.82) is 5.26 Å². The lowest BCUT2D eigenvalue weighted by atomic mass is 10.1. The maximum Gasteiger partial charge on any atom is 0.0992 e. The maximum atomic E-state index is 8.82. The normalized spacial score (nSPS) is 14.9. The highest BCUT2D eigenvalue weighted by molar-refractivity contribution is 5.86. The lowest BCUT2D eigenvalue weighted by Gasteiger charge is -2.12. The second kappa shape index (κ2) is 3.11. The molecule has 0 unspecified atom stereocenters. The summed E-state index contributed by atoms with van der Waals surface area (Å²) < 4.78 is 0. The molecular formula is C12H11N3. The van der Waals surface area contributed by atoms with Crippen molar-refractivity contribution in [2.24, 2.45) is 0 Å². The molecule has 1 aliphatic rings. The minimum absolute atomic E-state index is 0.717. The first-order valence-electron chi connectivity index (χ1n) is 5.13. The third-order valence-electron chi connectivity index (χ3n) is 2.98. The molecular weight excluding hydrogens is 186 g/mol. The number of nitrogens with zero attached hydrogens (tertiary/aromatic N) is 1. The van der Waals surface area contributed by atoms with Gasteiger partial charge in [0.1, 0.15) is 0 Å². The smallest absolute Gasteiger partial charge is 0.0992 e. The lowest BCUT2D eigenvalue weighted by molar-refractivity contribution is 0.641. The molecule has 2 N–H and O–H groups in total. The number of H-pyrrole nitrogens is 1. The molecule has 3 nitrogen and oxygen atoms in total. The molecule has 1 aliphatic heterocycles. The number of hydrogen-bond acceptors (Lipinski definition) is 2. The first kappa shape index (κ1) is 8.51. The Morgan fingerprint density at radius 2 is 2.27 bits per heavy atom. The topological polar surface area (TPSA) is 51.6 Å². The van der Waals surface area contributed by atoms with Crippen molar-refractivity contribution in [3.05, 3.63) is 35.0 Å². The third kappa shape index (κ3) is 1.23. The van der Waals surface area contributed by atoms with E-state index in [2.05, 4.69) is 16.4 Å². The summed E-state index contributed by atoms with van der Waals surface area (Å²) >= 11 is 0. The summed E-state index contributed by atoms with van der Waals surface area (Å²) in [6, 6.07) is 8.01. The van der Waals surface area contributed by atoms with Crippen LogP contribution in [0.3, 0.4) is 0 Å². The monoisotopic (exact) mass is 197 g/mol. The summed E-state index contributed by atoms with van der Waals surface area (Å²) in [5.74, 6) is 0. The van der Waals surface area contributed by atoms with E-state index in [4.69, 9.17) is 5.26 Å². The lowest BCUT2D eigenvalue weighted by Crippen LogP contribution is -2.22. The summed E-state index contributed by atoms with van der Waals surface area (Å²) in [4.78, 5) is 3.40. The van der Waals surface area contributed by atoms with Crippen molar-refractivity contribution in [3.8, 4) is 6.07 Å². The van der Waals surface area contributed by atoms with Gasteiger partial charge in [0.05, 0.1) is 11.6 Å². The van der Waals surface area contributed by atoms with Gasteiger partial charge in [0, 0.05) is 36.1 Å². The van der Waals surface area contributed by atoms with Crippen LogP contribution in [0.25, 0.3) is 10.9 Å². The van der Waals surface area contributed by atoms with E-state index in [0.717, 1.165) is 25.0 Å². The van der Waals surface area contributed by atoms with Crippen LogP contribution in [0.15, 0.2) is 18.2 Å². The molecule has 0 bridgehead atoms. The van der Waals surface area contributed by atoms with E-state index < -0.39 is 0 Å². The Labute approximate surface area is 87.7 Å². The molecule has 2 heterocycles. The molecule has 74 valence electrons. The number of aromatic amines is 1. The van der Waals surface area contributed by atoms with Crippen LogP contribution in [0, 0.1) is 11.3 Å². The first-order chi connectivity index (χ1) is 7.38. The number of nitriles is 1. The van der Waals surface area contributed by atoms with Gasteiger partial charge in [-0.25, -0.2) is 0 Å². The fourth-order valence-electron chi connectivity index (χ4n) is 2.22. The van der Waals surface area contributed by atoms with Crippen LogP contribution in [0.1, 0.15) is 16.8 Å². The molecule has 3 heteroatoms. The third-order valence-corrected chi connectivity index (χ3v) is 2.98. The van der Waals surface area contributed by atoms with E-state index in [9.17, 15) is 0 Å². The van der Waals surface area contributed by atoms with Gasteiger partial charge in [-0.1, -0.05) is 6.07 Å². The van der Waals surface area contributed by atoms with E-state index in [1.54, 1.807) is 0 Å². The SMILES string of the molecule is N#Cc1ccc2c3c([nH]c2c1)CCNC3.